The Morgan fingerprint density at radius 2 is 2.15 bits per heavy atom. The summed E-state index contributed by atoms with van der Waals surface area (Å²) in [6.45, 7) is 0.751. The molecule has 0 saturated carbocycles. The summed E-state index contributed by atoms with van der Waals surface area (Å²) in [5.41, 5.74) is 1.20. The van der Waals surface area contributed by atoms with Crippen LogP contribution in [0.2, 0.25) is 0 Å². The van der Waals surface area contributed by atoms with Crippen LogP contribution < -0.4 is 0 Å². The quantitative estimate of drug-likeness (QED) is 0.801. The van der Waals surface area contributed by atoms with E-state index in [2.05, 4.69) is 32.1 Å². The fourth-order valence-electron chi connectivity index (χ4n) is 1.12. The van der Waals surface area contributed by atoms with Gasteiger partial charge in [-0.3, -0.25) is 0 Å². The number of halogens is 1. The maximum Gasteiger partial charge on any atom is 0.137 e. The van der Waals surface area contributed by atoms with Crippen molar-refractivity contribution in [2.24, 2.45) is 0 Å². The van der Waals surface area contributed by atoms with Crippen LogP contribution in [0, 0.1) is 0 Å². The van der Waals surface area contributed by atoms with Crippen LogP contribution in [0.4, 0.5) is 0 Å². The molecule has 1 aromatic heterocycles. The van der Waals surface area contributed by atoms with Crippen LogP contribution in [0.25, 0.3) is 0 Å². The molecule has 0 unspecified atom stereocenters. The zero-order valence-corrected chi connectivity index (χ0v) is 8.48. The summed E-state index contributed by atoms with van der Waals surface area (Å²) < 4.78 is 2.89. The summed E-state index contributed by atoms with van der Waals surface area (Å²) in [7, 11) is 0. The molecule has 0 radical (unpaired) electrons. The van der Waals surface area contributed by atoms with Crippen molar-refractivity contribution in [1.82, 2.24) is 14.8 Å². The highest BCUT2D eigenvalue weighted by Crippen LogP contribution is 2.16. The predicted molar refractivity (Wildman–Crippen MR) is 53.3 cm³/mol. The summed E-state index contributed by atoms with van der Waals surface area (Å²) in [6.07, 6.45) is 3.25. The van der Waals surface area contributed by atoms with Gasteiger partial charge in [-0.15, -0.1) is 0 Å². The highest BCUT2D eigenvalue weighted by Gasteiger charge is 1.98. The first-order valence-corrected chi connectivity index (χ1v) is 4.71. The van der Waals surface area contributed by atoms with E-state index in [1.165, 1.54) is 11.9 Å². The topological polar surface area (TPSA) is 30.7 Å². The third kappa shape index (κ3) is 1.95. The van der Waals surface area contributed by atoms with E-state index in [-0.39, 0.29) is 0 Å². The molecule has 1 heterocycles. The second-order valence-corrected chi connectivity index (χ2v) is 3.54. The number of benzene rings is 1. The number of aromatic nitrogens is 3. The standard InChI is InChI=1S/C9H8BrN3/c10-9-4-2-1-3-8(9)5-13-7-11-6-12-13/h1-4,6-7H,5H2. The van der Waals surface area contributed by atoms with Gasteiger partial charge in [0.15, 0.2) is 0 Å². The van der Waals surface area contributed by atoms with Gasteiger partial charge in [0.05, 0.1) is 6.54 Å². The molecule has 13 heavy (non-hydrogen) atoms. The van der Waals surface area contributed by atoms with Gasteiger partial charge in [0.25, 0.3) is 0 Å². The Labute approximate surface area is 84.5 Å². The third-order valence-electron chi connectivity index (χ3n) is 1.76. The minimum Gasteiger partial charge on any atom is -0.249 e. The SMILES string of the molecule is Brc1ccccc1Cn1cncn1. The van der Waals surface area contributed by atoms with Crippen molar-refractivity contribution < 1.29 is 0 Å². The molecule has 3 nitrogen and oxygen atoms in total. The van der Waals surface area contributed by atoms with E-state index in [9.17, 15) is 0 Å². The van der Waals surface area contributed by atoms with Crippen LogP contribution >= 0.6 is 15.9 Å². The summed E-state index contributed by atoms with van der Waals surface area (Å²) >= 11 is 3.48. The van der Waals surface area contributed by atoms with Crippen molar-refractivity contribution in [3.8, 4) is 0 Å². The molecule has 4 heteroatoms. The lowest BCUT2D eigenvalue weighted by Gasteiger charge is -2.02. The van der Waals surface area contributed by atoms with E-state index in [0.29, 0.717) is 0 Å². The monoisotopic (exact) mass is 237 g/mol. The van der Waals surface area contributed by atoms with E-state index in [1.54, 1.807) is 11.0 Å². The number of rotatable bonds is 2. The van der Waals surface area contributed by atoms with E-state index < -0.39 is 0 Å². The second-order valence-electron chi connectivity index (χ2n) is 2.68. The van der Waals surface area contributed by atoms with Crippen LogP contribution in [0.15, 0.2) is 41.4 Å². The molecule has 2 aromatic rings. The number of nitrogens with zero attached hydrogens (tertiary/aromatic N) is 3. The van der Waals surface area contributed by atoms with Crippen molar-refractivity contribution >= 4 is 15.9 Å². The van der Waals surface area contributed by atoms with Gasteiger partial charge in [-0.1, -0.05) is 34.1 Å². The van der Waals surface area contributed by atoms with Gasteiger partial charge >= 0.3 is 0 Å². The lowest BCUT2D eigenvalue weighted by Crippen LogP contribution is -2.00. The van der Waals surface area contributed by atoms with Crippen molar-refractivity contribution in [2.45, 2.75) is 6.54 Å². The molecule has 0 atom stereocenters. The van der Waals surface area contributed by atoms with Gasteiger partial charge in [0.2, 0.25) is 0 Å². The summed E-state index contributed by atoms with van der Waals surface area (Å²) in [4.78, 5) is 3.88. The minimum absolute atomic E-state index is 0.751. The van der Waals surface area contributed by atoms with Crippen LogP contribution in [0.3, 0.4) is 0 Å². The molecule has 2 rings (SSSR count). The lowest BCUT2D eigenvalue weighted by atomic mass is 10.2. The smallest absolute Gasteiger partial charge is 0.137 e. The average Bonchev–Trinajstić information content (AvgIpc) is 2.61. The zero-order chi connectivity index (χ0) is 9.10. The van der Waals surface area contributed by atoms with Gasteiger partial charge in [-0.05, 0) is 11.6 Å². The Bertz CT molecular complexity index is 384. The largest absolute Gasteiger partial charge is 0.249 e. The van der Waals surface area contributed by atoms with Gasteiger partial charge in [-0.25, -0.2) is 9.67 Å². The third-order valence-corrected chi connectivity index (χ3v) is 2.53. The first-order chi connectivity index (χ1) is 6.36. The first-order valence-electron chi connectivity index (χ1n) is 3.92. The summed E-state index contributed by atoms with van der Waals surface area (Å²) in [5, 5.41) is 4.04. The van der Waals surface area contributed by atoms with Crippen LogP contribution in [-0.4, -0.2) is 14.8 Å². The lowest BCUT2D eigenvalue weighted by molar-refractivity contribution is 0.683. The highest BCUT2D eigenvalue weighted by atomic mass is 79.9. The van der Waals surface area contributed by atoms with Gasteiger partial charge < -0.3 is 0 Å². The molecule has 0 N–H and O–H groups in total. The Kier molecular flexibility index (Phi) is 2.40. The molecule has 66 valence electrons. The van der Waals surface area contributed by atoms with Crippen molar-refractivity contribution in [3.63, 3.8) is 0 Å². The van der Waals surface area contributed by atoms with Gasteiger partial charge in [0.1, 0.15) is 12.7 Å². The molecule has 0 amide bonds. The molecule has 0 saturated heterocycles. The maximum atomic E-state index is 4.04. The molecular weight excluding hydrogens is 230 g/mol. The Morgan fingerprint density at radius 3 is 2.85 bits per heavy atom. The Hall–Kier alpha value is -1.16. The fourth-order valence-corrected chi connectivity index (χ4v) is 1.53. The van der Waals surface area contributed by atoms with Crippen molar-refractivity contribution in [2.75, 3.05) is 0 Å². The van der Waals surface area contributed by atoms with Crippen molar-refractivity contribution in [3.05, 3.63) is 47.0 Å². The van der Waals surface area contributed by atoms with Gasteiger partial charge in [0, 0.05) is 4.47 Å². The van der Waals surface area contributed by atoms with E-state index in [0.717, 1.165) is 11.0 Å². The van der Waals surface area contributed by atoms with Crippen molar-refractivity contribution in [1.29, 1.82) is 0 Å². The number of hydrogen-bond donors (Lipinski definition) is 0. The van der Waals surface area contributed by atoms with Gasteiger partial charge in [-0.2, -0.15) is 5.10 Å². The predicted octanol–water partition coefficient (Wildman–Crippen LogP) is 2.09. The van der Waals surface area contributed by atoms with Crippen LogP contribution in [-0.2, 0) is 6.54 Å². The van der Waals surface area contributed by atoms with Crippen LogP contribution in [0.5, 0.6) is 0 Å². The molecule has 0 fully saturated rings. The normalized spacial score (nSPS) is 10.2. The summed E-state index contributed by atoms with van der Waals surface area (Å²) in [5.74, 6) is 0. The average molecular weight is 238 g/mol. The number of hydrogen-bond acceptors (Lipinski definition) is 2. The minimum atomic E-state index is 0.751. The zero-order valence-electron chi connectivity index (χ0n) is 6.89. The van der Waals surface area contributed by atoms with E-state index >= 15 is 0 Å². The Balaban J connectivity index is 2.24. The molecule has 0 aliphatic heterocycles. The first kappa shape index (κ1) is 8.44. The summed E-state index contributed by atoms with van der Waals surface area (Å²) in [6, 6.07) is 8.09. The molecule has 0 aliphatic rings. The molecule has 0 bridgehead atoms. The molecular formula is C9H8BrN3. The highest BCUT2D eigenvalue weighted by molar-refractivity contribution is 9.10. The molecule has 0 aliphatic carbocycles. The maximum absolute atomic E-state index is 4.04. The Morgan fingerprint density at radius 1 is 1.31 bits per heavy atom. The molecule has 0 spiro atoms. The van der Waals surface area contributed by atoms with E-state index in [4.69, 9.17) is 0 Å². The fraction of sp³-hybridized carbons (Fsp3) is 0.111. The molecule has 1 aromatic carbocycles. The second kappa shape index (κ2) is 3.70. The van der Waals surface area contributed by atoms with Crippen LogP contribution in [0.1, 0.15) is 5.56 Å². The van der Waals surface area contributed by atoms with E-state index in [1.807, 2.05) is 18.2 Å².